The number of benzene rings is 1. The second-order valence-corrected chi connectivity index (χ2v) is 4.15. The van der Waals surface area contributed by atoms with Crippen LogP contribution in [0.4, 0.5) is 5.69 Å². The summed E-state index contributed by atoms with van der Waals surface area (Å²) in [6.45, 7) is 3.53. The molecule has 3 N–H and O–H groups in total. The zero-order valence-electron chi connectivity index (χ0n) is 10.8. The SMILES string of the molecule is CC(=NNC(=O)c1ccoc1C)c1cccc(N)c1. The summed E-state index contributed by atoms with van der Waals surface area (Å²) < 4.78 is 5.07. The summed E-state index contributed by atoms with van der Waals surface area (Å²) in [7, 11) is 0. The van der Waals surface area contributed by atoms with Crippen LogP contribution in [-0.2, 0) is 0 Å². The van der Waals surface area contributed by atoms with Gasteiger partial charge in [0.1, 0.15) is 5.76 Å². The topological polar surface area (TPSA) is 80.6 Å². The molecule has 1 aromatic carbocycles. The minimum atomic E-state index is -0.297. The van der Waals surface area contributed by atoms with Gasteiger partial charge in [0, 0.05) is 5.69 Å². The van der Waals surface area contributed by atoms with Crippen molar-refractivity contribution in [3.8, 4) is 0 Å². The molecular formula is C14H15N3O2. The van der Waals surface area contributed by atoms with Crippen LogP contribution in [-0.4, -0.2) is 11.6 Å². The van der Waals surface area contributed by atoms with Crippen LogP contribution < -0.4 is 11.2 Å². The summed E-state index contributed by atoms with van der Waals surface area (Å²) in [6, 6.07) is 8.92. The van der Waals surface area contributed by atoms with Gasteiger partial charge in [-0.3, -0.25) is 4.79 Å². The third-order valence-corrected chi connectivity index (χ3v) is 2.73. The number of carbonyl (C=O) groups excluding carboxylic acids is 1. The molecule has 0 aliphatic carbocycles. The minimum Gasteiger partial charge on any atom is -0.469 e. The van der Waals surface area contributed by atoms with E-state index in [0.717, 1.165) is 5.56 Å². The Morgan fingerprint density at radius 1 is 1.37 bits per heavy atom. The van der Waals surface area contributed by atoms with Crippen LogP contribution in [0.15, 0.2) is 46.1 Å². The first-order chi connectivity index (χ1) is 9.08. The van der Waals surface area contributed by atoms with E-state index in [-0.39, 0.29) is 5.91 Å². The van der Waals surface area contributed by atoms with Gasteiger partial charge in [-0.25, -0.2) is 5.43 Å². The average Bonchev–Trinajstić information content (AvgIpc) is 2.82. The number of rotatable bonds is 3. The molecule has 5 heteroatoms. The van der Waals surface area contributed by atoms with E-state index < -0.39 is 0 Å². The number of hydrogen-bond donors (Lipinski definition) is 2. The summed E-state index contributed by atoms with van der Waals surface area (Å²) in [5, 5.41) is 4.05. The molecule has 1 amide bonds. The van der Waals surface area contributed by atoms with Crippen molar-refractivity contribution in [2.45, 2.75) is 13.8 Å². The smallest absolute Gasteiger partial charge is 0.274 e. The minimum absolute atomic E-state index is 0.297. The standard InChI is InChI=1S/C14H15N3O2/c1-9(11-4-3-5-12(15)8-11)16-17-14(18)13-6-7-19-10(13)2/h3-8H,15H2,1-2H3,(H,17,18). The Hall–Kier alpha value is -2.56. The third-order valence-electron chi connectivity index (χ3n) is 2.73. The molecule has 2 rings (SSSR count). The molecular weight excluding hydrogens is 242 g/mol. The molecule has 0 atom stereocenters. The molecule has 0 saturated heterocycles. The highest BCUT2D eigenvalue weighted by atomic mass is 16.3. The molecule has 98 valence electrons. The fourth-order valence-electron chi connectivity index (χ4n) is 1.64. The fourth-order valence-corrected chi connectivity index (χ4v) is 1.64. The number of hydrazone groups is 1. The van der Waals surface area contributed by atoms with Crippen molar-refractivity contribution in [2.24, 2.45) is 5.10 Å². The number of furan rings is 1. The lowest BCUT2D eigenvalue weighted by molar-refractivity contribution is 0.0953. The van der Waals surface area contributed by atoms with Crippen LogP contribution in [0.2, 0.25) is 0 Å². The molecule has 0 unspecified atom stereocenters. The van der Waals surface area contributed by atoms with E-state index in [4.69, 9.17) is 10.2 Å². The number of nitrogens with zero attached hydrogens (tertiary/aromatic N) is 1. The lowest BCUT2D eigenvalue weighted by Gasteiger charge is -2.03. The molecule has 19 heavy (non-hydrogen) atoms. The molecule has 0 radical (unpaired) electrons. The number of carbonyl (C=O) groups is 1. The summed E-state index contributed by atoms with van der Waals surface area (Å²) in [5.41, 5.74) is 10.9. The molecule has 0 aliphatic rings. The van der Waals surface area contributed by atoms with Crippen LogP contribution in [0, 0.1) is 6.92 Å². The number of nitrogen functional groups attached to an aromatic ring is 1. The van der Waals surface area contributed by atoms with E-state index >= 15 is 0 Å². The molecule has 0 saturated carbocycles. The summed E-state index contributed by atoms with van der Waals surface area (Å²) in [5.74, 6) is 0.267. The van der Waals surface area contributed by atoms with Gasteiger partial charge >= 0.3 is 0 Å². The third kappa shape index (κ3) is 3.01. The maximum absolute atomic E-state index is 11.8. The molecule has 0 aliphatic heterocycles. The van der Waals surface area contributed by atoms with Gasteiger partial charge in [-0.1, -0.05) is 12.1 Å². The first kappa shape index (κ1) is 12.9. The second-order valence-electron chi connectivity index (χ2n) is 4.15. The zero-order valence-corrected chi connectivity index (χ0v) is 10.8. The first-order valence-corrected chi connectivity index (χ1v) is 5.82. The number of amides is 1. The van der Waals surface area contributed by atoms with Crippen molar-refractivity contribution in [3.05, 3.63) is 53.5 Å². The van der Waals surface area contributed by atoms with Gasteiger partial charge in [-0.05, 0) is 37.6 Å². The summed E-state index contributed by atoms with van der Waals surface area (Å²) >= 11 is 0. The van der Waals surface area contributed by atoms with E-state index in [1.54, 1.807) is 32.0 Å². The largest absolute Gasteiger partial charge is 0.469 e. The highest BCUT2D eigenvalue weighted by molar-refractivity contribution is 6.01. The zero-order chi connectivity index (χ0) is 13.8. The Morgan fingerprint density at radius 3 is 2.79 bits per heavy atom. The van der Waals surface area contributed by atoms with E-state index in [1.807, 2.05) is 12.1 Å². The molecule has 1 heterocycles. The molecule has 0 fully saturated rings. The first-order valence-electron chi connectivity index (χ1n) is 5.82. The molecule has 0 spiro atoms. The summed E-state index contributed by atoms with van der Waals surface area (Å²) in [6.07, 6.45) is 1.47. The van der Waals surface area contributed by atoms with Crippen LogP contribution in [0.25, 0.3) is 0 Å². The van der Waals surface area contributed by atoms with E-state index in [2.05, 4.69) is 10.5 Å². The van der Waals surface area contributed by atoms with Gasteiger partial charge in [-0.2, -0.15) is 5.10 Å². The molecule has 1 aromatic heterocycles. The normalized spacial score (nSPS) is 11.4. The van der Waals surface area contributed by atoms with Crippen molar-refractivity contribution < 1.29 is 9.21 Å². The average molecular weight is 257 g/mol. The lowest BCUT2D eigenvalue weighted by atomic mass is 10.1. The molecule has 5 nitrogen and oxygen atoms in total. The monoisotopic (exact) mass is 257 g/mol. The van der Waals surface area contributed by atoms with Gasteiger partial charge in [-0.15, -0.1) is 0 Å². The van der Waals surface area contributed by atoms with Crippen molar-refractivity contribution >= 4 is 17.3 Å². The van der Waals surface area contributed by atoms with Gasteiger partial charge in [0.2, 0.25) is 0 Å². The quantitative estimate of drug-likeness (QED) is 0.503. The Kier molecular flexibility index (Phi) is 3.66. The number of nitrogens with one attached hydrogen (secondary N) is 1. The Balaban J connectivity index is 2.11. The predicted octanol–water partition coefficient (Wildman–Crippen LogP) is 2.32. The summed E-state index contributed by atoms with van der Waals surface area (Å²) in [4.78, 5) is 11.8. The number of nitrogens with two attached hydrogens (primary N) is 1. The van der Waals surface area contributed by atoms with Crippen LogP contribution in [0.1, 0.15) is 28.6 Å². The maximum Gasteiger partial charge on any atom is 0.274 e. The Bertz CT molecular complexity index is 629. The number of aryl methyl sites for hydroxylation is 1. The second kappa shape index (κ2) is 5.39. The van der Waals surface area contributed by atoms with Crippen molar-refractivity contribution in [2.75, 3.05) is 5.73 Å². The predicted molar refractivity (Wildman–Crippen MR) is 74.0 cm³/mol. The Morgan fingerprint density at radius 2 is 2.16 bits per heavy atom. The van der Waals surface area contributed by atoms with Gasteiger partial charge < -0.3 is 10.2 Å². The van der Waals surface area contributed by atoms with Crippen molar-refractivity contribution in [1.82, 2.24) is 5.43 Å². The fraction of sp³-hybridized carbons (Fsp3) is 0.143. The van der Waals surface area contributed by atoms with Gasteiger partial charge in [0.25, 0.3) is 5.91 Å². The maximum atomic E-state index is 11.8. The van der Waals surface area contributed by atoms with Crippen molar-refractivity contribution in [1.29, 1.82) is 0 Å². The van der Waals surface area contributed by atoms with E-state index in [0.29, 0.717) is 22.7 Å². The molecule has 0 bridgehead atoms. The number of hydrogen-bond acceptors (Lipinski definition) is 4. The highest BCUT2D eigenvalue weighted by Crippen LogP contribution is 2.09. The Labute approximate surface area is 111 Å². The van der Waals surface area contributed by atoms with E-state index in [9.17, 15) is 4.79 Å². The van der Waals surface area contributed by atoms with Crippen LogP contribution in [0.3, 0.4) is 0 Å². The highest BCUT2D eigenvalue weighted by Gasteiger charge is 2.10. The van der Waals surface area contributed by atoms with Crippen molar-refractivity contribution in [3.63, 3.8) is 0 Å². The lowest BCUT2D eigenvalue weighted by Crippen LogP contribution is -2.19. The van der Waals surface area contributed by atoms with Gasteiger partial charge in [0.05, 0.1) is 17.5 Å². The molecule has 2 aromatic rings. The van der Waals surface area contributed by atoms with Gasteiger partial charge in [0.15, 0.2) is 0 Å². The van der Waals surface area contributed by atoms with Crippen LogP contribution >= 0.6 is 0 Å². The number of anilines is 1. The van der Waals surface area contributed by atoms with E-state index in [1.165, 1.54) is 6.26 Å². The van der Waals surface area contributed by atoms with Crippen LogP contribution in [0.5, 0.6) is 0 Å².